The number of rotatable bonds is 3. The van der Waals surface area contributed by atoms with Crippen LogP contribution in [0.25, 0.3) is 11.0 Å². The summed E-state index contributed by atoms with van der Waals surface area (Å²) in [5.41, 5.74) is 2.95. The lowest BCUT2D eigenvalue weighted by Crippen LogP contribution is -2.32. The van der Waals surface area contributed by atoms with Crippen LogP contribution in [-0.4, -0.2) is 27.3 Å². The third-order valence-electron chi connectivity index (χ3n) is 4.57. The average molecular weight is 340 g/mol. The van der Waals surface area contributed by atoms with Gasteiger partial charge in [0.05, 0.1) is 23.5 Å². The van der Waals surface area contributed by atoms with E-state index in [4.69, 9.17) is 11.6 Å². The minimum Gasteiger partial charge on any atom is -0.340 e. The lowest BCUT2D eigenvalue weighted by atomic mass is 10.1. The van der Waals surface area contributed by atoms with E-state index in [9.17, 15) is 4.79 Å². The molecule has 1 aliphatic rings. The van der Waals surface area contributed by atoms with Crippen molar-refractivity contribution in [1.82, 2.24) is 14.9 Å². The molecule has 1 saturated heterocycles. The van der Waals surface area contributed by atoms with Crippen LogP contribution in [0.3, 0.4) is 0 Å². The van der Waals surface area contributed by atoms with Crippen LogP contribution in [0.2, 0.25) is 5.02 Å². The molecule has 2 heterocycles. The van der Waals surface area contributed by atoms with Gasteiger partial charge in [-0.25, -0.2) is 4.98 Å². The van der Waals surface area contributed by atoms with E-state index in [0.29, 0.717) is 11.4 Å². The molecule has 4 rings (SSSR count). The molecule has 0 aliphatic carbocycles. The van der Waals surface area contributed by atoms with Gasteiger partial charge in [-0.05, 0) is 42.7 Å². The van der Waals surface area contributed by atoms with Crippen molar-refractivity contribution in [2.75, 3.05) is 6.54 Å². The second-order valence-corrected chi connectivity index (χ2v) is 6.62. The van der Waals surface area contributed by atoms with Gasteiger partial charge in [0.1, 0.15) is 5.82 Å². The first-order valence-electron chi connectivity index (χ1n) is 8.19. The Kier molecular flexibility index (Phi) is 3.98. The molecule has 1 amide bonds. The number of H-pyrrole nitrogens is 1. The monoisotopic (exact) mass is 339 g/mol. The zero-order valence-corrected chi connectivity index (χ0v) is 14.0. The third-order valence-corrected chi connectivity index (χ3v) is 4.82. The van der Waals surface area contributed by atoms with E-state index in [1.807, 2.05) is 53.4 Å². The second-order valence-electron chi connectivity index (χ2n) is 6.19. The number of amides is 1. The number of aromatic nitrogens is 2. The fourth-order valence-corrected chi connectivity index (χ4v) is 3.48. The number of fused-ring (bicyclic) bond motifs is 1. The Bertz CT molecular complexity index is 839. The highest BCUT2D eigenvalue weighted by atomic mass is 35.5. The molecule has 0 radical (unpaired) electrons. The smallest absolute Gasteiger partial charge is 0.227 e. The van der Waals surface area contributed by atoms with Crippen LogP contribution in [0.5, 0.6) is 0 Å². The molecule has 3 aromatic rings. The fraction of sp³-hybridized carbons (Fsp3) is 0.263. The molecule has 2 aromatic carbocycles. The van der Waals surface area contributed by atoms with Crippen LogP contribution in [-0.2, 0) is 11.2 Å². The molecule has 1 N–H and O–H groups in total. The normalized spacial score (nSPS) is 17.5. The fourth-order valence-electron chi connectivity index (χ4n) is 3.36. The van der Waals surface area contributed by atoms with Crippen molar-refractivity contribution in [3.8, 4) is 0 Å². The molecule has 1 aromatic heterocycles. The Morgan fingerprint density at radius 3 is 2.79 bits per heavy atom. The highest BCUT2D eigenvalue weighted by Gasteiger charge is 2.31. The summed E-state index contributed by atoms with van der Waals surface area (Å²) in [7, 11) is 0. The Labute approximate surface area is 145 Å². The first-order valence-corrected chi connectivity index (χ1v) is 8.57. The second kappa shape index (κ2) is 6.29. The highest BCUT2D eigenvalue weighted by Crippen LogP contribution is 2.32. The molecular formula is C19H18ClN3O. The van der Waals surface area contributed by atoms with Gasteiger partial charge in [-0.3, -0.25) is 4.79 Å². The number of hydrogen-bond acceptors (Lipinski definition) is 2. The average Bonchev–Trinajstić information content (AvgIpc) is 3.23. The summed E-state index contributed by atoms with van der Waals surface area (Å²) in [4.78, 5) is 22.8. The predicted molar refractivity (Wildman–Crippen MR) is 94.9 cm³/mol. The van der Waals surface area contributed by atoms with Gasteiger partial charge in [-0.15, -0.1) is 0 Å². The standard InChI is InChI=1S/C19H18ClN3O/c20-14-9-7-13(8-10-14)12-18(24)23-11-3-6-17(23)19-21-15-4-1-2-5-16(15)22-19/h1-2,4-5,7-10,17H,3,6,11-12H2,(H,21,22). The minimum absolute atomic E-state index is 0.0391. The van der Waals surface area contributed by atoms with E-state index < -0.39 is 0 Å². The number of halogens is 1. The Hall–Kier alpha value is -2.33. The number of nitrogens with one attached hydrogen (secondary N) is 1. The number of carbonyl (C=O) groups excluding carboxylic acids is 1. The lowest BCUT2D eigenvalue weighted by Gasteiger charge is -2.23. The number of para-hydroxylation sites is 2. The predicted octanol–water partition coefficient (Wildman–Crippen LogP) is 4.12. The maximum atomic E-state index is 12.7. The summed E-state index contributed by atoms with van der Waals surface area (Å²) >= 11 is 5.91. The summed E-state index contributed by atoms with van der Waals surface area (Å²) < 4.78 is 0. The lowest BCUT2D eigenvalue weighted by molar-refractivity contribution is -0.131. The summed E-state index contributed by atoms with van der Waals surface area (Å²) in [6.45, 7) is 0.786. The molecule has 122 valence electrons. The molecule has 5 heteroatoms. The topological polar surface area (TPSA) is 49.0 Å². The van der Waals surface area contributed by atoms with E-state index in [1.54, 1.807) is 0 Å². The SMILES string of the molecule is O=C(Cc1ccc(Cl)cc1)N1CCCC1c1nc2ccccc2[nH]1. The van der Waals surface area contributed by atoms with Crippen LogP contribution in [0, 0.1) is 0 Å². The highest BCUT2D eigenvalue weighted by molar-refractivity contribution is 6.30. The van der Waals surface area contributed by atoms with Gasteiger partial charge in [0, 0.05) is 11.6 Å². The van der Waals surface area contributed by atoms with Crippen LogP contribution in [0.1, 0.15) is 30.3 Å². The van der Waals surface area contributed by atoms with Crippen molar-refractivity contribution in [3.05, 3.63) is 64.9 Å². The molecule has 4 nitrogen and oxygen atoms in total. The molecule has 1 atom stereocenters. The zero-order valence-electron chi connectivity index (χ0n) is 13.2. The molecule has 0 saturated carbocycles. The molecule has 0 bridgehead atoms. The third kappa shape index (κ3) is 2.89. The maximum absolute atomic E-state index is 12.7. The van der Waals surface area contributed by atoms with Gasteiger partial charge in [-0.2, -0.15) is 0 Å². The summed E-state index contributed by atoms with van der Waals surface area (Å²) in [5.74, 6) is 1.03. The van der Waals surface area contributed by atoms with Gasteiger partial charge in [0.15, 0.2) is 0 Å². The van der Waals surface area contributed by atoms with Crippen LogP contribution < -0.4 is 0 Å². The summed E-state index contributed by atoms with van der Waals surface area (Å²) in [5, 5.41) is 0.688. The van der Waals surface area contributed by atoms with Crippen molar-refractivity contribution in [2.45, 2.75) is 25.3 Å². The van der Waals surface area contributed by atoms with Crippen molar-refractivity contribution < 1.29 is 4.79 Å². The zero-order chi connectivity index (χ0) is 16.5. The number of imidazole rings is 1. The first kappa shape index (κ1) is 15.2. The van der Waals surface area contributed by atoms with Gasteiger partial charge in [0.2, 0.25) is 5.91 Å². The first-order chi connectivity index (χ1) is 11.7. The number of carbonyl (C=O) groups is 1. The molecule has 0 spiro atoms. The Morgan fingerprint density at radius 2 is 2.00 bits per heavy atom. The number of likely N-dealkylation sites (tertiary alicyclic amines) is 1. The van der Waals surface area contributed by atoms with Gasteiger partial charge in [0.25, 0.3) is 0 Å². The number of benzene rings is 2. The van der Waals surface area contributed by atoms with Gasteiger partial charge >= 0.3 is 0 Å². The van der Waals surface area contributed by atoms with Crippen LogP contribution >= 0.6 is 11.6 Å². The van der Waals surface area contributed by atoms with Gasteiger partial charge in [-0.1, -0.05) is 35.9 Å². The molecule has 1 unspecified atom stereocenters. The van der Waals surface area contributed by atoms with E-state index in [1.165, 1.54) is 0 Å². The van der Waals surface area contributed by atoms with E-state index in [0.717, 1.165) is 41.8 Å². The molecular weight excluding hydrogens is 322 g/mol. The number of aromatic amines is 1. The summed E-state index contributed by atoms with van der Waals surface area (Å²) in [6.07, 6.45) is 2.36. The Balaban J connectivity index is 1.55. The summed E-state index contributed by atoms with van der Waals surface area (Å²) in [6, 6.07) is 15.5. The molecule has 24 heavy (non-hydrogen) atoms. The van der Waals surface area contributed by atoms with E-state index in [-0.39, 0.29) is 11.9 Å². The van der Waals surface area contributed by atoms with Crippen molar-refractivity contribution in [3.63, 3.8) is 0 Å². The maximum Gasteiger partial charge on any atom is 0.227 e. The largest absolute Gasteiger partial charge is 0.340 e. The van der Waals surface area contributed by atoms with Gasteiger partial charge < -0.3 is 9.88 Å². The van der Waals surface area contributed by atoms with Crippen molar-refractivity contribution in [1.29, 1.82) is 0 Å². The van der Waals surface area contributed by atoms with Crippen molar-refractivity contribution in [2.24, 2.45) is 0 Å². The Morgan fingerprint density at radius 1 is 1.21 bits per heavy atom. The van der Waals surface area contributed by atoms with Crippen molar-refractivity contribution >= 4 is 28.5 Å². The van der Waals surface area contributed by atoms with Crippen LogP contribution in [0.15, 0.2) is 48.5 Å². The van der Waals surface area contributed by atoms with Crippen LogP contribution in [0.4, 0.5) is 0 Å². The number of nitrogens with zero attached hydrogens (tertiary/aromatic N) is 2. The van der Waals surface area contributed by atoms with E-state index in [2.05, 4.69) is 9.97 Å². The number of hydrogen-bond donors (Lipinski definition) is 1. The van der Waals surface area contributed by atoms with E-state index >= 15 is 0 Å². The quantitative estimate of drug-likeness (QED) is 0.780. The molecule has 1 aliphatic heterocycles. The molecule has 1 fully saturated rings. The minimum atomic E-state index is 0.0391.